The molecule has 0 aliphatic heterocycles. The van der Waals surface area contributed by atoms with E-state index in [1.54, 1.807) is 0 Å². The van der Waals surface area contributed by atoms with Gasteiger partial charge in [0.25, 0.3) is 0 Å². The Kier molecular flexibility index (Phi) is 4.66. The van der Waals surface area contributed by atoms with E-state index in [0.717, 1.165) is 19.4 Å². The monoisotopic (exact) mass is 287 g/mol. The van der Waals surface area contributed by atoms with Crippen molar-refractivity contribution in [3.8, 4) is 0 Å². The molecule has 0 unspecified atom stereocenters. The van der Waals surface area contributed by atoms with Crippen LogP contribution in [0.25, 0.3) is 0 Å². The van der Waals surface area contributed by atoms with Gasteiger partial charge in [-0.15, -0.1) is 0 Å². The fourth-order valence-electron chi connectivity index (χ4n) is 3.88. The maximum Gasteiger partial charge on any atom is 0.0771 e. The molecule has 0 saturated heterocycles. The SMILES string of the molecule is Cc1cccc(C2CC(NCC3(O)CCCCCC3)C2)c1. The van der Waals surface area contributed by atoms with Gasteiger partial charge >= 0.3 is 0 Å². The minimum Gasteiger partial charge on any atom is -0.389 e. The highest BCUT2D eigenvalue weighted by Crippen LogP contribution is 2.37. The van der Waals surface area contributed by atoms with Gasteiger partial charge in [0.15, 0.2) is 0 Å². The Morgan fingerprint density at radius 3 is 2.52 bits per heavy atom. The Morgan fingerprint density at radius 2 is 1.86 bits per heavy atom. The van der Waals surface area contributed by atoms with Gasteiger partial charge in [-0.05, 0) is 44.1 Å². The molecule has 2 saturated carbocycles. The van der Waals surface area contributed by atoms with Gasteiger partial charge in [-0.25, -0.2) is 0 Å². The van der Waals surface area contributed by atoms with Crippen LogP contribution in [-0.2, 0) is 0 Å². The van der Waals surface area contributed by atoms with Gasteiger partial charge in [0, 0.05) is 12.6 Å². The number of aliphatic hydroxyl groups is 1. The van der Waals surface area contributed by atoms with E-state index in [-0.39, 0.29) is 0 Å². The zero-order chi connectivity index (χ0) is 14.7. The van der Waals surface area contributed by atoms with E-state index in [2.05, 4.69) is 36.5 Å². The van der Waals surface area contributed by atoms with Crippen LogP contribution in [0.2, 0.25) is 0 Å². The van der Waals surface area contributed by atoms with Gasteiger partial charge in [-0.1, -0.05) is 55.5 Å². The quantitative estimate of drug-likeness (QED) is 0.823. The predicted octanol–water partition coefficient (Wildman–Crippen LogP) is 3.92. The Balaban J connectivity index is 1.44. The molecule has 0 radical (unpaired) electrons. The maximum absolute atomic E-state index is 10.7. The summed E-state index contributed by atoms with van der Waals surface area (Å²) in [7, 11) is 0. The summed E-state index contributed by atoms with van der Waals surface area (Å²) >= 11 is 0. The third kappa shape index (κ3) is 3.87. The van der Waals surface area contributed by atoms with Gasteiger partial charge in [0.05, 0.1) is 5.60 Å². The van der Waals surface area contributed by atoms with Gasteiger partial charge < -0.3 is 10.4 Å². The molecule has 0 bridgehead atoms. The first kappa shape index (κ1) is 15.1. The average molecular weight is 287 g/mol. The van der Waals surface area contributed by atoms with Crippen molar-refractivity contribution in [1.82, 2.24) is 5.32 Å². The summed E-state index contributed by atoms with van der Waals surface area (Å²) in [6, 6.07) is 9.51. The summed E-state index contributed by atoms with van der Waals surface area (Å²) in [6.07, 6.45) is 9.37. The number of hydrogen-bond donors (Lipinski definition) is 2. The molecule has 2 aliphatic carbocycles. The summed E-state index contributed by atoms with van der Waals surface area (Å²) in [6.45, 7) is 2.96. The van der Waals surface area contributed by atoms with Gasteiger partial charge in [-0.2, -0.15) is 0 Å². The molecule has 0 spiro atoms. The Morgan fingerprint density at radius 1 is 1.14 bits per heavy atom. The Bertz CT molecular complexity index is 456. The second-order valence-corrected chi connectivity index (χ2v) is 7.30. The van der Waals surface area contributed by atoms with Gasteiger partial charge in [0.2, 0.25) is 0 Å². The molecule has 2 fully saturated rings. The van der Waals surface area contributed by atoms with E-state index in [9.17, 15) is 5.11 Å². The third-order valence-corrected chi connectivity index (χ3v) is 5.41. The van der Waals surface area contributed by atoms with Gasteiger partial charge in [-0.3, -0.25) is 0 Å². The third-order valence-electron chi connectivity index (χ3n) is 5.41. The summed E-state index contributed by atoms with van der Waals surface area (Å²) in [5.41, 5.74) is 2.41. The molecule has 0 aromatic heterocycles. The summed E-state index contributed by atoms with van der Waals surface area (Å²) in [4.78, 5) is 0. The van der Waals surface area contributed by atoms with E-state index in [1.807, 2.05) is 0 Å². The standard InChI is InChI=1S/C19H29NO/c1-15-7-6-8-16(11-15)17-12-18(13-17)20-14-19(21)9-4-2-3-5-10-19/h6-8,11,17-18,20-21H,2-5,9-10,12-14H2,1H3. The second kappa shape index (κ2) is 6.50. The van der Waals surface area contributed by atoms with Crippen molar-refractivity contribution in [3.05, 3.63) is 35.4 Å². The molecule has 0 amide bonds. The van der Waals surface area contributed by atoms with E-state index in [1.165, 1.54) is 49.7 Å². The van der Waals surface area contributed by atoms with Crippen molar-refractivity contribution < 1.29 is 5.11 Å². The lowest BCUT2D eigenvalue weighted by Crippen LogP contribution is -2.48. The minimum atomic E-state index is -0.440. The van der Waals surface area contributed by atoms with Crippen LogP contribution in [0.15, 0.2) is 24.3 Å². The minimum absolute atomic E-state index is 0.440. The molecule has 2 N–H and O–H groups in total. The maximum atomic E-state index is 10.7. The highest BCUT2D eigenvalue weighted by Gasteiger charge is 2.33. The smallest absolute Gasteiger partial charge is 0.0771 e. The van der Waals surface area contributed by atoms with Crippen LogP contribution in [0.3, 0.4) is 0 Å². The molecule has 116 valence electrons. The Hall–Kier alpha value is -0.860. The lowest BCUT2D eigenvalue weighted by molar-refractivity contribution is 0.0192. The van der Waals surface area contributed by atoms with Gasteiger partial charge in [0.1, 0.15) is 0 Å². The molecule has 0 heterocycles. The van der Waals surface area contributed by atoms with Crippen LogP contribution in [-0.4, -0.2) is 23.3 Å². The first-order valence-electron chi connectivity index (χ1n) is 8.67. The lowest BCUT2D eigenvalue weighted by atomic mass is 9.75. The van der Waals surface area contributed by atoms with Crippen LogP contribution in [0.1, 0.15) is 68.4 Å². The van der Waals surface area contributed by atoms with Crippen LogP contribution >= 0.6 is 0 Å². The van der Waals surface area contributed by atoms with E-state index in [4.69, 9.17) is 0 Å². The zero-order valence-electron chi connectivity index (χ0n) is 13.3. The second-order valence-electron chi connectivity index (χ2n) is 7.30. The van der Waals surface area contributed by atoms with E-state index in [0.29, 0.717) is 12.0 Å². The molecule has 2 heteroatoms. The number of benzene rings is 1. The highest BCUT2D eigenvalue weighted by molar-refractivity contribution is 5.27. The number of nitrogens with one attached hydrogen (secondary N) is 1. The predicted molar refractivity (Wildman–Crippen MR) is 87.6 cm³/mol. The molecule has 1 aromatic rings. The number of hydrogen-bond acceptors (Lipinski definition) is 2. The summed E-state index contributed by atoms with van der Waals surface area (Å²) in [5, 5.41) is 14.3. The van der Waals surface area contributed by atoms with Crippen molar-refractivity contribution >= 4 is 0 Å². The van der Waals surface area contributed by atoms with Crippen LogP contribution < -0.4 is 5.32 Å². The van der Waals surface area contributed by atoms with E-state index >= 15 is 0 Å². The van der Waals surface area contributed by atoms with Crippen LogP contribution in [0.5, 0.6) is 0 Å². The molecule has 21 heavy (non-hydrogen) atoms. The average Bonchev–Trinajstić information content (AvgIpc) is 2.62. The Labute approximate surface area is 129 Å². The molecule has 0 atom stereocenters. The summed E-state index contributed by atoms with van der Waals surface area (Å²) < 4.78 is 0. The highest BCUT2D eigenvalue weighted by atomic mass is 16.3. The molecular formula is C19H29NO. The van der Waals surface area contributed by atoms with Crippen molar-refractivity contribution in [2.24, 2.45) is 0 Å². The number of aryl methyl sites for hydroxylation is 1. The first-order chi connectivity index (χ1) is 10.1. The molecule has 1 aromatic carbocycles. The van der Waals surface area contributed by atoms with Crippen molar-refractivity contribution in [3.63, 3.8) is 0 Å². The number of rotatable bonds is 4. The van der Waals surface area contributed by atoms with Crippen LogP contribution in [0.4, 0.5) is 0 Å². The molecule has 2 aliphatic rings. The normalized spacial score (nSPS) is 28.7. The molecule has 2 nitrogen and oxygen atoms in total. The lowest BCUT2D eigenvalue weighted by Gasteiger charge is -2.39. The zero-order valence-corrected chi connectivity index (χ0v) is 13.3. The summed E-state index contributed by atoms with van der Waals surface area (Å²) in [5.74, 6) is 0.714. The van der Waals surface area contributed by atoms with Crippen molar-refractivity contribution in [2.75, 3.05) is 6.54 Å². The molecule has 3 rings (SSSR count). The van der Waals surface area contributed by atoms with E-state index < -0.39 is 5.60 Å². The topological polar surface area (TPSA) is 32.3 Å². The fourth-order valence-corrected chi connectivity index (χ4v) is 3.88. The largest absolute Gasteiger partial charge is 0.389 e. The van der Waals surface area contributed by atoms with Crippen LogP contribution in [0, 0.1) is 6.92 Å². The fraction of sp³-hybridized carbons (Fsp3) is 0.684. The van der Waals surface area contributed by atoms with Crippen molar-refractivity contribution in [2.45, 2.75) is 75.9 Å². The molecular weight excluding hydrogens is 258 g/mol. The van der Waals surface area contributed by atoms with Crippen molar-refractivity contribution in [1.29, 1.82) is 0 Å². The first-order valence-corrected chi connectivity index (χ1v) is 8.67.